The van der Waals surface area contributed by atoms with Gasteiger partial charge in [0.1, 0.15) is 0 Å². The molecule has 0 radical (unpaired) electrons. The van der Waals surface area contributed by atoms with Crippen molar-refractivity contribution in [1.29, 1.82) is 0 Å². The van der Waals surface area contributed by atoms with Gasteiger partial charge in [-0.15, -0.1) is 0 Å². The van der Waals surface area contributed by atoms with Gasteiger partial charge in [0, 0.05) is 24.0 Å². The number of aliphatic hydroxyl groups excluding tert-OH is 1. The molecule has 0 aliphatic heterocycles. The second kappa shape index (κ2) is 5.50. The first kappa shape index (κ1) is 14.1. The molecule has 0 saturated heterocycles. The van der Waals surface area contributed by atoms with E-state index in [2.05, 4.69) is 0 Å². The molecule has 3 rings (SSSR count). The van der Waals surface area contributed by atoms with Gasteiger partial charge < -0.3 is 9.67 Å². The maximum atomic E-state index is 11.1. The molecule has 0 bridgehead atoms. The Bertz CT molecular complexity index is 696. The summed E-state index contributed by atoms with van der Waals surface area (Å²) >= 11 is 6.11. The lowest BCUT2D eigenvalue weighted by molar-refractivity contribution is -0.385. The molecule has 1 atom stereocenters. The topological polar surface area (TPSA) is 68.3 Å². The lowest BCUT2D eigenvalue weighted by atomic mass is 9.93. The van der Waals surface area contributed by atoms with Gasteiger partial charge in [-0.05, 0) is 30.9 Å². The van der Waals surface area contributed by atoms with E-state index in [4.69, 9.17) is 11.6 Å². The lowest BCUT2D eigenvalue weighted by Gasteiger charge is -2.16. The van der Waals surface area contributed by atoms with Crippen LogP contribution in [-0.2, 0) is 13.0 Å². The first-order valence-corrected chi connectivity index (χ1v) is 7.22. The summed E-state index contributed by atoms with van der Waals surface area (Å²) in [7, 11) is 0. The van der Waals surface area contributed by atoms with E-state index in [1.54, 1.807) is 12.1 Å². The number of fused-ring (bicyclic) bond motifs is 1. The number of aliphatic hydroxyl groups is 1. The molecule has 1 aliphatic rings. The molecule has 0 amide bonds. The van der Waals surface area contributed by atoms with Crippen LogP contribution in [0.5, 0.6) is 0 Å². The molecule has 0 fully saturated rings. The zero-order valence-corrected chi connectivity index (χ0v) is 12.1. The van der Waals surface area contributed by atoms with Crippen molar-refractivity contribution < 1.29 is 10.0 Å². The standard InChI is InChI=1S/C15H15ClN2O3/c16-13-4-2-5-14(18(20)21)12(13)9-17-7-10-3-1-6-15(19)11(10)8-17/h2,4-5,7-8,15,19H,1,3,6,9H2. The van der Waals surface area contributed by atoms with Crippen LogP contribution in [0.25, 0.3) is 0 Å². The van der Waals surface area contributed by atoms with Crippen molar-refractivity contribution in [3.05, 3.63) is 62.4 Å². The number of hydrogen-bond donors (Lipinski definition) is 1. The van der Waals surface area contributed by atoms with Gasteiger partial charge in [0.2, 0.25) is 0 Å². The molecule has 1 aromatic carbocycles. The number of nitro groups is 1. The largest absolute Gasteiger partial charge is 0.388 e. The highest BCUT2D eigenvalue weighted by Crippen LogP contribution is 2.32. The fourth-order valence-electron chi connectivity index (χ4n) is 2.87. The van der Waals surface area contributed by atoms with Crippen molar-refractivity contribution in [2.45, 2.75) is 31.9 Å². The van der Waals surface area contributed by atoms with Gasteiger partial charge >= 0.3 is 0 Å². The van der Waals surface area contributed by atoms with E-state index < -0.39 is 11.0 Å². The van der Waals surface area contributed by atoms with E-state index in [1.807, 2.05) is 17.0 Å². The van der Waals surface area contributed by atoms with Crippen LogP contribution in [0.3, 0.4) is 0 Å². The van der Waals surface area contributed by atoms with Crippen LogP contribution in [0.15, 0.2) is 30.6 Å². The number of aryl methyl sites for hydroxylation is 1. The summed E-state index contributed by atoms with van der Waals surface area (Å²) in [5.41, 5.74) is 2.56. The maximum Gasteiger partial charge on any atom is 0.275 e. The van der Waals surface area contributed by atoms with Gasteiger partial charge in [-0.3, -0.25) is 10.1 Å². The Morgan fingerprint density at radius 2 is 2.24 bits per heavy atom. The number of rotatable bonds is 3. The first-order valence-electron chi connectivity index (χ1n) is 6.84. The van der Waals surface area contributed by atoms with Crippen molar-refractivity contribution in [2.24, 2.45) is 0 Å². The average Bonchev–Trinajstić information content (AvgIpc) is 2.85. The molecule has 21 heavy (non-hydrogen) atoms. The maximum absolute atomic E-state index is 11.1. The third kappa shape index (κ3) is 2.66. The molecule has 1 N–H and O–H groups in total. The number of nitro benzene ring substituents is 1. The van der Waals surface area contributed by atoms with E-state index in [1.165, 1.54) is 6.07 Å². The fraction of sp³-hybridized carbons (Fsp3) is 0.333. The van der Waals surface area contributed by atoms with Crippen LogP contribution < -0.4 is 0 Å². The van der Waals surface area contributed by atoms with Crippen LogP contribution in [0.1, 0.15) is 35.6 Å². The Balaban J connectivity index is 1.96. The molecule has 2 aromatic rings. The SMILES string of the molecule is O=[N+]([O-])c1cccc(Cl)c1Cn1cc2c(c1)C(O)CCC2. The quantitative estimate of drug-likeness (QED) is 0.697. The fourth-order valence-corrected chi connectivity index (χ4v) is 3.10. The molecule has 1 aliphatic carbocycles. The highest BCUT2D eigenvalue weighted by molar-refractivity contribution is 6.31. The third-order valence-corrected chi connectivity index (χ3v) is 4.27. The minimum Gasteiger partial charge on any atom is -0.388 e. The van der Waals surface area contributed by atoms with E-state index >= 15 is 0 Å². The Morgan fingerprint density at radius 1 is 1.43 bits per heavy atom. The summed E-state index contributed by atoms with van der Waals surface area (Å²) in [5, 5.41) is 21.5. The van der Waals surface area contributed by atoms with Crippen LogP contribution in [-0.4, -0.2) is 14.6 Å². The number of benzene rings is 1. The minimum atomic E-state index is -0.434. The predicted octanol–water partition coefficient (Wildman–Crippen LogP) is 3.47. The molecule has 110 valence electrons. The molecule has 6 heteroatoms. The Morgan fingerprint density at radius 3 is 2.95 bits per heavy atom. The van der Waals surface area contributed by atoms with Crippen molar-refractivity contribution in [1.82, 2.24) is 4.57 Å². The van der Waals surface area contributed by atoms with E-state index in [9.17, 15) is 15.2 Å². The Hall–Kier alpha value is -1.85. The van der Waals surface area contributed by atoms with Crippen molar-refractivity contribution in [2.75, 3.05) is 0 Å². The van der Waals surface area contributed by atoms with Crippen LogP contribution >= 0.6 is 11.6 Å². The van der Waals surface area contributed by atoms with Crippen molar-refractivity contribution in [3.63, 3.8) is 0 Å². The second-order valence-electron chi connectivity index (χ2n) is 5.31. The van der Waals surface area contributed by atoms with Gasteiger partial charge in [-0.2, -0.15) is 0 Å². The smallest absolute Gasteiger partial charge is 0.275 e. The second-order valence-corrected chi connectivity index (χ2v) is 5.72. The molecule has 0 spiro atoms. The first-order chi connectivity index (χ1) is 10.1. The van der Waals surface area contributed by atoms with Crippen molar-refractivity contribution in [3.8, 4) is 0 Å². The third-order valence-electron chi connectivity index (χ3n) is 3.91. The van der Waals surface area contributed by atoms with E-state index in [-0.39, 0.29) is 5.69 Å². The molecular formula is C15H15ClN2O3. The van der Waals surface area contributed by atoms with Gasteiger partial charge in [0.05, 0.1) is 28.2 Å². The Kier molecular flexibility index (Phi) is 3.69. The van der Waals surface area contributed by atoms with E-state index in [0.29, 0.717) is 17.1 Å². The summed E-state index contributed by atoms with van der Waals surface area (Å²) in [6.45, 7) is 0.329. The van der Waals surface area contributed by atoms with Gasteiger partial charge in [-0.25, -0.2) is 0 Å². The van der Waals surface area contributed by atoms with E-state index in [0.717, 1.165) is 30.4 Å². The molecule has 1 unspecified atom stereocenters. The van der Waals surface area contributed by atoms with Crippen LogP contribution in [0.2, 0.25) is 5.02 Å². The molecule has 5 nitrogen and oxygen atoms in total. The molecule has 1 heterocycles. The van der Waals surface area contributed by atoms with Crippen LogP contribution in [0, 0.1) is 10.1 Å². The normalized spacial score (nSPS) is 17.5. The highest BCUT2D eigenvalue weighted by atomic mass is 35.5. The Labute approximate surface area is 126 Å². The number of hydrogen-bond acceptors (Lipinski definition) is 3. The van der Waals surface area contributed by atoms with Gasteiger partial charge in [-0.1, -0.05) is 17.7 Å². The molecular weight excluding hydrogens is 292 g/mol. The number of aromatic nitrogens is 1. The summed E-state index contributed by atoms with van der Waals surface area (Å²) < 4.78 is 1.87. The summed E-state index contributed by atoms with van der Waals surface area (Å²) in [6, 6.07) is 4.69. The number of halogens is 1. The summed E-state index contributed by atoms with van der Waals surface area (Å²) in [4.78, 5) is 10.7. The number of nitrogens with zero attached hydrogens (tertiary/aromatic N) is 2. The zero-order valence-electron chi connectivity index (χ0n) is 11.3. The lowest BCUT2D eigenvalue weighted by Crippen LogP contribution is -2.05. The summed E-state index contributed by atoms with van der Waals surface area (Å²) in [6.07, 6.45) is 6.05. The van der Waals surface area contributed by atoms with Gasteiger partial charge in [0.15, 0.2) is 0 Å². The predicted molar refractivity (Wildman–Crippen MR) is 79.5 cm³/mol. The summed E-state index contributed by atoms with van der Waals surface area (Å²) in [5.74, 6) is 0. The minimum absolute atomic E-state index is 0.0229. The monoisotopic (exact) mass is 306 g/mol. The highest BCUT2D eigenvalue weighted by Gasteiger charge is 2.22. The zero-order chi connectivity index (χ0) is 15.0. The van der Waals surface area contributed by atoms with Gasteiger partial charge in [0.25, 0.3) is 5.69 Å². The van der Waals surface area contributed by atoms with Crippen molar-refractivity contribution >= 4 is 17.3 Å². The average molecular weight is 307 g/mol. The molecule has 1 aromatic heterocycles. The van der Waals surface area contributed by atoms with Crippen LogP contribution in [0.4, 0.5) is 5.69 Å². The molecule has 0 saturated carbocycles.